The summed E-state index contributed by atoms with van der Waals surface area (Å²) < 4.78 is 0. The van der Waals surface area contributed by atoms with Crippen LogP contribution in [0.2, 0.25) is 15.1 Å². The molecule has 1 N–H and O–H groups in total. The Labute approximate surface area is 215 Å². The van der Waals surface area contributed by atoms with E-state index in [2.05, 4.69) is 5.32 Å². The first kappa shape index (κ1) is 26.1. The second-order valence-electron chi connectivity index (χ2n) is 8.41. The minimum Gasteiger partial charge on any atom is -0.352 e. The van der Waals surface area contributed by atoms with E-state index in [0.717, 1.165) is 11.1 Å². The molecule has 1 atom stereocenters. The van der Waals surface area contributed by atoms with Crippen LogP contribution in [0, 0.1) is 0 Å². The Morgan fingerprint density at radius 1 is 0.824 bits per heavy atom. The number of hydrogen-bond acceptors (Lipinski definition) is 2. The van der Waals surface area contributed by atoms with Crippen molar-refractivity contribution in [3.63, 3.8) is 0 Å². The highest BCUT2D eigenvalue weighted by atomic mass is 35.5. The Kier molecular flexibility index (Phi) is 9.40. The summed E-state index contributed by atoms with van der Waals surface area (Å²) in [4.78, 5) is 28.6. The molecule has 0 fully saturated rings. The number of hydrogen-bond donors (Lipinski definition) is 1. The van der Waals surface area contributed by atoms with Gasteiger partial charge in [0.25, 0.3) is 0 Å². The molecule has 0 heterocycles. The third-order valence-corrected chi connectivity index (χ3v) is 6.45. The van der Waals surface area contributed by atoms with Gasteiger partial charge in [-0.05, 0) is 48.7 Å². The lowest BCUT2D eigenvalue weighted by Crippen LogP contribution is -2.52. The van der Waals surface area contributed by atoms with Gasteiger partial charge in [-0.25, -0.2) is 0 Å². The number of carbonyl (C=O) groups is 2. The van der Waals surface area contributed by atoms with Gasteiger partial charge in [0.2, 0.25) is 11.8 Å². The number of nitrogens with one attached hydrogen (secondary N) is 1. The first-order valence-electron chi connectivity index (χ1n) is 11.1. The Bertz CT molecular complexity index is 1140. The fraction of sp³-hybridized carbons (Fsp3) is 0.259. The van der Waals surface area contributed by atoms with Crippen molar-refractivity contribution in [2.75, 3.05) is 0 Å². The van der Waals surface area contributed by atoms with Crippen molar-refractivity contribution in [1.29, 1.82) is 0 Å². The summed E-state index contributed by atoms with van der Waals surface area (Å²) in [5.74, 6) is -0.424. The van der Waals surface area contributed by atoms with Gasteiger partial charge in [0.1, 0.15) is 6.04 Å². The molecule has 0 aliphatic rings. The molecule has 1 unspecified atom stereocenters. The predicted molar refractivity (Wildman–Crippen MR) is 139 cm³/mol. The molecule has 0 saturated carbocycles. The Morgan fingerprint density at radius 2 is 1.50 bits per heavy atom. The summed E-state index contributed by atoms with van der Waals surface area (Å²) in [6.07, 6.45) is 0.443. The van der Waals surface area contributed by atoms with E-state index < -0.39 is 6.04 Å². The van der Waals surface area contributed by atoms with Crippen LogP contribution in [0.15, 0.2) is 72.8 Å². The fourth-order valence-electron chi connectivity index (χ4n) is 3.67. The van der Waals surface area contributed by atoms with Gasteiger partial charge in [0.15, 0.2) is 0 Å². The zero-order valence-corrected chi connectivity index (χ0v) is 21.4. The topological polar surface area (TPSA) is 49.4 Å². The van der Waals surface area contributed by atoms with Crippen LogP contribution < -0.4 is 5.32 Å². The normalized spacial score (nSPS) is 11.8. The van der Waals surface area contributed by atoms with Gasteiger partial charge < -0.3 is 10.2 Å². The molecule has 0 aliphatic carbocycles. The molecular formula is C27H27Cl3N2O2. The molecule has 7 heteroatoms. The van der Waals surface area contributed by atoms with Crippen LogP contribution in [-0.2, 0) is 29.0 Å². The molecule has 34 heavy (non-hydrogen) atoms. The molecular weight excluding hydrogens is 491 g/mol. The summed E-state index contributed by atoms with van der Waals surface area (Å²) >= 11 is 18.6. The Balaban J connectivity index is 1.99. The van der Waals surface area contributed by atoms with Crippen LogP contribution in [0.3, 0.4) is 0 Å². The zero-order chi connectivity index (χ0) is 24.7. The van der Waals surface area contributed by atoms with Crippen molar-refractivity contribution in [3.8, 4) is 0 Å². The van der Waals surface area contributed by atoms with Crippen molar-refractivity contribution < 1.29 is 9.59 Å². The molecule has 3 rings (SSSR count). The van der Waals surface area contributed by atoms with E-state index in [1.807, 2.05) is 62.4 Å². The van der Waals surface area contributed by atoms with Crippen LogP contribution in [0.5, 0.6) is 0 Å². The molecule has 2 amide bonds. The van der Waals surface area contributed by atoms with Gasteiger partial charge in [0.05, 0.1) is 16.5 Å². The zero-order valence-electron chi connectivity index (χ0n) is 19.1. The maximum absolute atomic E-state index is 13.7. The van der Waals surface area contributed by atoms with Crippen molar-refractivity contribution in [3.05, 3.63) is 105 Å². The van der Waals surface area contributed by atoms with Gasteiger partial charge in [0, 0.05) is 24.0 Å². The first-order valence-corrected chi connectivity index (χ1v) is 12.2. The highest BCUT2D eigenvalue weighted by Crippen LogP contribution is 2.25. The minimum atomic E-state index is -0.726. The Morgan fingerprint density at radius 3 is 2.15 bits per heavy atom. The third kappa shape index (κ3) is 7.23. The van der Waals surface area contributed by atoms with Crippen LogP contribution in [0.4, 0.5) is 0 Å². The molecule has 0 aromatic heterocycles. The first-order chi connectivity index (χ1) is 16.2. The van der Waals surface area contributed by atoms with Crippen LogP contribution in [0.25, 0.3) is 0 Å². The molecule has 0 aliphatic heterocycles. The van der Waals surface area contributed by atoms with Crippen molar-refractivity contribution in [2.24, 2.45) is 0 Å². The molecule has 0 bridgehead atoms. The summed E-state index contributed by atoms with van der Waals surface area (Å²) in [5.41, 5.74) is 2.44. The van der Waals surface area contributed by atoms with Crippen molar-refractivity contribution >= 4 is 46.6 Å². The SMILES string of the molecule is CC(C)NC(=O)C(Cc1ccccc1)N(Cc1ccccc1Cl)C(=O)Cc1ccc(Cl)c(Cl)c1. The highest BCUT2D eigenvalue weighted by molar-refractivity contribution is 6.42. The molecule has 0 spiro atoms. The Hall–Kier alpha value is -2.53. The van der Waals surface area contributed by atoms with Crippen LogP contribution in [-0.4, -0.2) is 28.8 Å². The summed E-state index contributed by atoms with van der Waals surface area (Å²) in [6, 6.07) is 21.3. The molecule has 3 aromatic rings. The van der Waals surface area contributed by atoms with E-state index in [9.17, 15) is 9.59 Å². The maximum atomic E-state index is 13.7. The van der Waals surface area contributed by atoms with Crippen molar-refractivity contribution in [1.82, 2.24) is 10.2 Å². The van der Waals surface area contributed by atoms with E-state index in [1.54, 1.807) is 29.2 Å². The number of carbonyl (C=O) groups excluding carboxylic acids is 2. The van der Waals surface area contributed by atoms with Crippen LogP contribution in [0.1, 0.15) is 30.5 Å². The van der Waals surface area contributed by atoms with Crippen molar-refractivity contribution in [2.45, 2.75) is 45.3 Å². The molecule has 0 saturated heterocycles. The fourth-order valence-corrected chi connectivity index (χ4v) is 4.19. The van der Waals surface area contributed by atoms with Gasteiger partial charge in [-0.3, -0.25) is 9.59 Å². The lowest BCUT2D eigenvalue weighted by Gasteiger charge is -2.32. The third-order valence-electron chi connectivity index (χ3n) is 5.34. The molecule has 3 aromatic carbocycles. The van der Waals surface area contributed by atoms with Gasteiger partial charge in [-0.1, -0.05) is 89.4 Å². The van der Waals surface area contributed by atoms with E-state index in [4.69, 9.17) is 34.8 Å². The van der Waals surface area contributed by atoms with Gasteiger partial charge in [-0.15, -0.1) is 0 Å². The standard InChI is InChI=1S/C27H27Cl3N2O2/c1-18(2)31-27(34)25(15-19-8-4-3-5-9-19)32(17-21-10-6-7-11-22(21)28)26(33)16-20-12-13-23(29)24(30)14-20/h3-14,18,25H,15-17H2,1-2H3,(H,31,34). The summed E-state index contributed by atoms with van der Waals surface area (Å²) in [5, 5.41) is 4.31. The van der Waals surface area contributed by atoms with E-state index in [0.29, 0.717) is 27.1 Å². The number of amides is 2. The number of halogens is 3. The van der Waals surface area contributed by atoms with E-state index in [-0.39, 0.29) is 30.8 Å². The second kappa shape index (κ2) is 12.3. The maximum Gasteiger partial charge on any atom is 0.243 e. The average molecular weight is 518 g/mol. The monoisotopic (exact) mass is 516 g/mol. The number of rotatable bonds is 9. The lowest BCUT2D eigenvalue weighted by molar-refractivity contribution is -0.141. The quantitative estimate of drug-likeness (QED) is 0.359. The predicted octanol–water partition coefficient (Wildman–Crippen LogP) is 6.35. The number of nitrogens with zero attached hydrogens (tertiary/aromatic N) is 1. The largest absolute Gasteiger partial charge is 0.352 e. The smallest absolute Gasteiger partial charge is 0.243 e. The summed E-state index contributed by atoms with van der Waals surface area (Å²) in [6.45, 7) is 3.99. The number of benzene rings is 3. The minimum absolute atomic E-state index is 0.0710. The van der Waals surface area contributed by atoms with Gasteiger partial charge >= 0.3 is 0 Å². The highest BCUT2D eigenvalue weighted by Gasteiger charge is 2.31. The molecule has 178 valence electrons. The van der Waals surface area contributed by atoms with Gasteiger partial charge in [-0.2, -0.15) is 0 Å². The molecule has 0 radical (unpaired) electrons. The van der Waals surface area contributed by atoms with E-state index in [1.165, 1.54) is 0 Å². The second-order valence-corrected chi connectivity index (χ2v) is 9.63. The average Bonchev–Trinajstić information content (AvgIpc) is 2.80. The lowest BCUT2D eigenvalue weighted by atomic mass is 10.0. The molecule has 4 nitrogen and oxygen atoms in total. The summed E-state index contributed by atoms with van der Waals surface area (Å²) in [7, 11) is 0. The van der Waals surface area contributed by atoms with E-state index >= 15 is 0 Å². The van der Waals surface area contributed by atoms with Crippen LogP contribution >= 0.6 is 34.8 Å².